The van der Waals surface area contributed by atoms with Crippen molar-refractivity contribution in [3.8, 4) is 0 Å². The smallest absolute Gasteiger partial charge is 0.246 e. The van der Waals surface area contributed by atoms with E-state index in [4.69, 9.17) is 4.84 Å². The zero-order valence-electron chi connectivity index (χ0n) is 9.80. The highest BCUT2D eigenvalue weighted by Crippen LogP contribution is 2.18. The number of carbonyl (C=O) groups excluding carboxylic acids is 1. The van der Waals surface area contributed by atoms with Gasteiger partial charge in [0.2, 0.25) is 5.91 Å². The summed E-state index contributed by atoms with van der Waals surface area (Å²) in [4.78, 5) is 18.3. The van der Waals surface area contributed by atoms with E-state index in [0.717, 1.165) is 25.1 Å². The molecule has 1 amide bonds. The summed E-state index contributed by atoms with van der Waals surface area (Å²) < 4.78 is 0. The van der Waals surface area contributed by atoms with Gasteiger partial charge in [-0.2, -0.15) is 0 Å². The highest BCUT2D eigenvalue weighted by molar-refractivity contribution is 7.99. The molecule has 2 rings (SSSR count). The van der Waals surface area contributed by atoms with E-state index in [0.29, 0.717) is 13.0 Å². The molecule has 0 atom stereocenters. The van der Waals surface area contributed by atoms with E-state index in [1.54, 1.807) is 11.8 Å². The molecule has 3 nitrogen and oxygen atoms in total. The molecule has 1 heterocycles. The van der Waals surface area contributed by atoms with E-state index in [2.05, 4.69) is 12.1 Å². The average Bonchev–Trinajstić information content (AvgIpc) is 2.41. The molecule has 1 saturated heterocycles. The van der Waals surface area contributed by atoms with Gasteiger partial charge < -0.3 is 0 Å². The first-order chi connectivity index (χ1) is 8.36. The molecule has 0 unspecified atom stereocenters. The monoisotopic (exact) mass is 251 g/mol. The van der Waals surface area contributed by atoms with Crippen LogP contribution < -0.4 is 0 Å². The van der Waals surface area contributed by atoms with E-state index >= 15 is 0 Å². The van der Waals surface area contributed by atoms with Crippen LogP contribution in [0.5, 0.6) is 0 Å². The predicted molar refractivity (Wildman–Crippen MR) is 68.7 cm³/mol. The zero-order valence-corrected chi connectivity index (χ0v) is 10.6. The molecule has 92 valence electrons. The van der Waals surface area contributed by atoms with Gasteiger partial charge in [-0.15, -0.1) is 11.8 Å². The maximum atomic E-state index is 11.8. The molecule has 1 fully saturated rings. The van der Waals surface area contributed by atoms with Gasteiger partial charge in [0.1, 0.15) is 0 Å². The van der Waals surface area contributed by atoms with Crippen molar-refractivity contribution in [1.29, 1.82) is 0 Å². The maximum Gasteiger partial charge on any atom is 0.246 e. The molecule has 0 N–H and O–H groups in total. The molecule has 0 spiro atoms. The van der Waals surface area contributed by atoms with Crippen molar-refractivity contribution in [2.45, 2.75) is 24.2 Å². The quantitative estimate of drug-likeness (QED) is 0.771. The van der Waals surface area contributed by atoms with Crippen LogP contribution in [0.1, 0.15) is 19.3 Å². The fourth-order valence-electron chi connectivity index (χ4n) is 1.69. The molecule has 0 aromatic heterocycles. The Morgan fingerprint density at radius 3 is 2.82 bits per heavy atom. The van der Waals surface area contributed by atoms with Crippen LogP contribution in [0.25, 0.3) is 0 Å². The van der Waals surface area contributed by atoms with E-state index in [1.807, 2.05) is 18.2 Å². The molecule has 1 aliphatic heterocycles. The van der Waals surface area contributed by atoms with Gasteiger partial charge in [-0.1, -0.05) is 18.2 Å². The second kappa shape index (κ2) is 6.67. The Kier molecular flexibility index (Phi) is 4.88. The summed E-state index contributed by atoms with van der Waals surface area (Å²) in [7, 11) is 0. The van der Waals surface area contributed by atoms with Crippen LogP contribution in [0.15, 0.2) is 35.2 Å². The fourth-order valence-corrected chi connectivity index (χ4v) is 2.55. The Labute approximate surface area is 106 Å². The fraction of sp³-hybridized carbons (Fsp3) is 0.462. The molecule has 0 saturated carbocycles. The number of rotatable bonds is 4. The van der Waals surface area contributed by atoms with Crippen molar-refractivity contribution < 1.29 is 9.63 Å². The standard InChI is InChI=1S/C13H17NO2S/c15-13(14-9-4-5-10-16-14)8-11-17-12-6-2-1-3-7-12/h1-3,6-7H,4-5,8-11H2. The minimum atomic E-state index is 0.105. The lowest BCUT2D eigenvalue weighted by Gasteiger charge is -2.25. The lowest BCUT2D eigenvalue weighted by molar-refractivity contribution is -0.196. The molecule has 0 radical (unpaired) electrons. The van der Waals surface area contributed by atoms with Crippen LogP contribution in [0, 0.1) is 0 Å². The van der Waals surface area contributed by atoms with Crippen molar-refractivity contribution in [2.24, 2.45) is 0 Å². The lowest BCUT2D eigenvalue weighted by atomic mass is 10.3. The summed E-state index contributed by atoms with van der Waals surface area (Å²) >= 11 is 1.71. The second-order valence-electron chi connectivity index (χ2n) is 3.95. The van der Waals surface area contributed by atoms with Gasteiger partial charge in [0, 0.05) is 23.6 Å². The minimum absolute atomic E-state index is 0.105. The molecule has 1 aromatic carbocycles. The Morgan fingerprint density at radius 2 is 2.12 bits per heavy atom. The zero-order chi connectivity index (χ0) is 11.9. The van der Waals surface area contributed by atoms with Crippen LogP contribution in [0.2, 0.25) is 0 Å². The van der Waals surface area contributed by atoms with Crippen LogP contribution in [0.3, 0.4) is 0 Å². The molecule has 0 bridgehead atoms. The first-order valence-electron chi connectivity index (χ1n) is 5.97. The van der Waals surface area contributed by atoms with E-state index in [1.165, 1.54) is 9.96 Å². The summed E-state index contributed by atoms with van der Waals surface area (Å²) in [5, 5.41) is 1.52. The van der Waals surface area contributed by atoms with Gasteiger partial charge in [-0.05, 0) is 25.0 Å². The average molecular weight is 251 g/mol. The third-order valence-electron chi connectivity index (χ3n) is 2.61. The van der Waals surface area contributed by atoms with Crippen molar-refractivity contribution >= 4 is 17.7 Å². The maximum absolute atomic E-state index is 11.8. The predicted octanol–water partition coefficient (Wildman–Crippen LogP) is 2.72. The number of hydroxylamine groups is 2. The lowest BCUT2D eigenvalue weighted by Crippen LogP contribution is -2.35. The minimum Gasteiger partial charge on any atom is -0.273 e. The van der Waals surface area contributed by atoms with Gasteiger partial charge in [0.25, 0.3) is 0 Å². The summed E-state index contributed by atoms with van der Waals surface area (Å²) in [5.74, 6) is 0.913. The van der Waals surface area contributed by atoms with Crippen LogP contribution in [-0.2, 0) is 9.63 Å². The molecule has 1 aliphatic rings. The van der Waals surface area contributed by atoms with Gasteiger partial charge in [0.05, 0.1) is 6.61 Å². The summed E-state index contributed by atoms with van der Waals surface area (Å²) in [6.45, 7) is 1.42. The van der Waals surface area contributed by atoms with Crippen LogP contribution in [0.4, 0.5) is 0 Å². The number of thioether (sulfide) groups is 1. The number of benzene rings is 1. The number of hydrogen-bond donors (Lipinski definition) is 0. The van der Waals surface area contributed by atoms with Gasteiger partial charge in [-0.25, -0.2) is 5.06 Å². The van der Waals surface area contributed by atoms with Crippen LogP contribution >= 0.6 is 11.8 Å². The molecule has 17 heavy (non-hydrogen) atoms. The van der Waals surface area contributed by atoms with Gasteiger partial charge in [0.15, 0.2) is 0 Å². The van der Waals surface area contributed by atoms with Gasteiger partial charge in [-0.3, -0.25) is 9.63 Å². The molecular weight excluding hydrogens is 234 g/mol. The summed E-state index contributed by atoms with van der Waals surface area (Å²) in [5.41, 5.74) is 0. The van der Waals surface area contributed by atoms with E-state index in [9.17, 15) is 4.79 Å². The number of hydrogen-bond acceptors (Lipinski definition) is 3. The Bertz CT molecular complexity index is 350. The van der Waals surface area contributed by atoms with E-state index in [-0.39, 0.29) is 5.91 Å². The molecular formula is C13H17NO2S. The van der Waals surface area contributed by atoms with Crippen molar-refractivity contribution in [3.63, 3.8) is 0 Å². The highest BCUT2D eigenvalue weighted by Gasteiger charge is 2.16. The topological polar surface area (TPSA) is 29.5 Å². The number of carbonyl (C=O) groups is 1. The Morgan fingerprint density at radius 1 is 1.29 bits per heavy atom. The SMILES string of the molecule is O=C(CCSc1ccccc1)N1CCCCO1. The third kappa shape index (κ3) is 4.06. The number of amides is 1. The first kappa shape index (κ1) is 12.5. The third-order valence-corrected chi connectivity index (χ3v) is 3.62. The van der Waals surface area contributed by atoms with Gasteiger partial charge >= 0.3 is 0 Å². The normalized spacial score (nSPS) is 15.9. The largest absolute Gasteiger partial charge is 0.273 e. The molecule has 0 aliphatic carbocycles. The summed E-state index contributed by atoms with van der Waals surface area (Å²) in [6.07, 6.45) is 2.65. The highest BCUT2D eigenvalue weighted by atomic mass is 32.2. The Hall–Kier alpha value is -1.00. The molecule has 1 aromatic rings. The van der Waals surface area contributed by atoms with Crippen molar-refractivity contribution in [1.82, 2.24) is 5.06 Å². The molecule has 4 heteroatoms. The Balaban J connectivity index is 1.69. The number of nitrogens with zero attached hydrogens (tertiary/aromatic N) is 1. The first-order valence-corrected chi connectivity index (χ1v) is 6.96. The van der Waals surface area contributed by atoms with Crippen molar-refractivity contribution in [3.05, 3.63) is 30.3 Å². The van der Waals surface area contributed by atoms with E-state index < -0.39 is 0 Å². The van der Waals surface area contributed by atoms with Crippen molar-refractivity contribution in [2.75, 3.05) is 18.9 Å². The van der Waals surface area contributed by atoms with Crippen LogP contribution in [-0.4, -0.2) is 29.9 Å². The second-order valence-corrected chi connectivity index (χ2v) is 5.12. The summed E-state index contributed by atoms with van der Waals surface area (Å²) in [6, 6.07) is 10.1.